The lowest BCUT2D eigenvalue weighted by molar-refractivity contribution is -0.122. The maximum Gasteiger partial charge on any atom is 0.262 e. The number of hydrogen-bond acceptors (Lipinski definition) is 4. The molecular weight excluding hydrogens is 426 g/mol. The molecule has 7 nitrogen and oxygen atoms in total. The van der Waals surface area contributed by atoms with Crippen molar-refractivity contribution in [1.29, 1.82) is 0 Å². The van der Waals surface area contributed by atoms with E-state index in [0.29, 0.717) is 34.9 Å². The number of benzene rings is 2. The molecule has 30 heavy (non-hydrogen) atoms. The van der Waals surface area contributed by atoms with Gasteiger partial charge in [0.2, 0.25) is 11.8 Å². The van der Waals surface area contributed by atoms with Crippen LogP contribution in [0.4, 0.5) is 11.4 Å². The Labute approximate surface area is 181 Å². The quantitative estimate of drug-likeness (QED) is 0.507. The second-order valence-corrected chi connectivity index (χ2v) is 9.40. The molecule has 3 rings (SSSR count). The Morgan fingerprint density at radius 3 is 2.57 bits per heavy atom. The predicted molar refractivity (Wildman–Crippen MR) is 117 cm³/mol. The van der Waals surface area contributed by atoms with Gasteiger partial charge in [-0.15, -0.1) is 0 Å². The Bertz CT molecular complexity index is 1050. The van der Waals surface area contributed by atoms with E-state index in [4.69, 9.17) is 11.6 Å². The summed E-state index contributed by atoms with van der Waals surface area (Å²) < 4.78 is 28.1. The second-order valence-electron chi connectivity index (χ2n) is 7.31. The van der Waals surface area contributed by atoms with Crippen molar-refractivity contribution in [1.82, 2.24) is 5.32 Å². The molecule has 0 saturated heterocycles. The first-order valence-electron chi connectivity index (χ1n) is 9.71. The fourth-order valence-electron chi connectivity index (χ4n) is 2.90. The maximum absolute atomic E-state index is 12.8. The third-order valence-electron chi connectivity index (χ3n) is 4.67. The highest BCUT2D eigenvalue weighted by molar-refractivity contribution is 7.92. The number of amides is 2. The second kappa shape index (κ2) is 9.49. The first kappa shape index (κ1) is 22.1. The van der Waals surface area contributed by atoms with E-state index < -0.39 is 10.0 Å². The van der Waals surface area contributed by atoms with Crippen molar-refractivity contribution < 1.29 is 18.0 Å². The Hall–Kier alpha value is -2.58. The molecule has 2 aromatic rings. The number of aryl methyl sites for hydroxylation is 1. The van der Waals surface area contributed by atoms with Crippen molar-refractivity contribution in [3.8, 4) is 0 Å². The number of carbonyl (C=O) groups excluding carboxylic acids is 2. The van der Waals surface area contributed by atoms with Crippen LogP contribution in [0.15, 0.2) is 47.4 Å². The first-order valence-corrected chi connectivity index (χ1v) is 11.6. The van der Waals surface area contributed by atoms with E-state index in [2.05, 4.69) is 15.4 Å². The minimum atomic E-state index is -3.86. The zero-order valence-electron chi connectivity index (χ0n) is 16.6. The minimum Gasteiger partial charge on any atom is -0.356 e. The lowest BCUT2D eigenvalue weighted by Gasteiger charge is -2.13. The number of rotatable bonds is 9. The van der Waals surface area contributed by atoms with Crippen LogP contribution in [0, 0.1) is 12.8 Å². The zero-order chi connectivity index (χ0) is 21.7. The largest absolute Gasteiger partial charge is 0.356 e. The summed E-state index contributed by atoms with van der Waals surface area (Å²) >= 11 is 5.92. The van der Waals surface area contributed by atoms with Crippen LogP contribution in [0.5, 0.6) is 0 Å². The molecular formula is C21H24ClN3O4S. The molecule has 3 N–H and O–H groups in total. The molecule has 0 aliphatic heterocycles. The topological polar surface area (TPSA) is 104 Å². The van der Waals surface area contributed by atoms with Crippen molar-refractivity contribution in [2.75, 3.05) is 16.6 Å². The van der Waals surface area contributed by atoms with Crippen molar-refractivity contribution in [3.63, 3.8) is 0 Å². The maximum atomic E-state index is 12.8. The van der Waals surface area contributed by atoms with Crippen LogP contribution in [0.1, 0.15) is 31.2 Å². The number of halogens is 1. The van der Waals surface area contributed by atoms with E-state index in [1.54, 1.807) is 37.3 Å². The highest BCUT2D eigenvalue weighted by Crippen LogP contribution is 2.28. The van der Waals surface area contributed by atoms with Gasteiger partial charge in [-0.3, -0.25) is 14.3 Å². The van der Waals surface area contributed by atoms with E-state index in [-0.39, 0.29) is 29.0 Å². The molecule has 9 heteroatoms. The van der Waals surface area contributed by atoms with Crippen LogP contribution in [0.25, 0.3) is 0 Å². The SMILES string of the molecule is Cc1ccc(NC(=O)CCCNC(=O)C2CC2)cc1S(=O)(=O)Nc1cccc(Cl)c1. The number of hydrogen-bond donors (Lipinski definition) is 3. The summed E-state index contributed by atoms with van der Waals surface area (Å²) in [6.07, 6.45) is 2.62. The average Bonchev–Trinajstić information content (AvgIpc) is 3.51. The molecule has 0 unspecified atom stereocenters. The van der Waals surface area contributed by atoms with Gasteiger partial charge in [-0.05, 0) is 62.1 Å². The first-order chi connectivity index (χ1) is 14.2. The summed E-state index contributed by atoms with van der Waals surface area (Å²) in [6, 6.07) is 11.1. The van der Waals surface area contributed by atoms with E-state index >= 15 is 0 Å². The molecule has 1 aliphatic carbocycles. The van der Waals surface area contributed by atoms with Crippen molar-refractivity contribution >= 4 is 44.8 Å². The van der Waals surface area contributed by atoms with Crippen LogP contribution < -0.4 is 15.4 Å². The molecule has 1 fully saturated rings. The molecule has 0 heterocycles. The third kappa shape index (κ3) is 6.21. The fourth-order valence-corrected chi connectivity index (χ4v) is 4.41. The van der Waals surface area contributed by atoms with E-state index in [1.807, 2.05) is 0 Å². The third-order valence-corrected chi connectivity index (χ3v) is 6.42. The molecule has 0 spiro atoms. The molecule has 1 aliphatic rings. The van der Waals surface area contributed by atoms with E-state index in [0.717, 1.165) is 12.8 Å². The lowest BCUT2D eigenvalue weighted by Crippen LogP contribution is -2.26. The molecule has 2 amide bonds. The Morgan fingerprint density at radius 2 is 1.87 bits per heavy atom. The summed E-state index contributed by atoms with van der Waals surface area (Å²) in [4.78, 5) is 23.8. The molecule has 2 aromatic carbocycles. The molecule has 0 aromatic heterocycles. The van der Waals surface area contributed by atoms with Gasteiger partial charge in [0, 0.05) is 29.6 Å². The fraction of sp³-hybridized carbons (Fsp3) is 0.333. The van der Waals surface area contributed by atoms with Gasteiger partial charge in [0.05, 0.1) is 10.6 Å². The molecule has 0 radical (unpaired) electrons. The summed E-state index contributed by atoms with van der Waals surface area (Å²) in [5.41, 5.74) is 1.29. The summed E-state index contributed by atoms with van der Waals surface area (Å²) in [5, 5.41) is 5.94. The number of carbonyl (C=O) groups is 2. The van der Waals surface area contributed by atoms with Gasteiger partial charge in [0.1, 0.15) is 0 Å². The highest BCUT2D eigenvalue weighted by Gasteiger charge is 2.29. The highest BCUT2D eigenvalue weighted by atomic mass is 35.5. The Kier molecular flexibility index (Phi) is 6.99. The monoisotopic (exact) mass is 449 g/mol. The predicted octanol–water partition coefficient (Wildman–Crippen LogP) is 3.69. The Balaban J connectivity index is 1.59. The average molecular weight is 450 g/mol. The van der Waals surface area contributed by atoms with E-state index in [9.17, 15) is 18.0 Å². The summed E-state index contributed by atoms with van der Waals surface area (Å²) in [7, 11) is -3.86. The molecule has 0 bridgehead atoms. The van der Waals surface area contributed by atoms with Gasteiger partial charge in [-0.1, -0.05) is 23.7 Å². The lowest BCUT2D eigenvalue weighted by atomic mass is 10.2. The molecule has 0 atom stereocenters. The Morgan fingerprint density at radius 1 is 1.10 bits per heavy atom. The number of anilines is 2. The number of nitrogens with one attached hydrogen (secondary N) is 3. The zero-order valence-corrected chi connectivity index (χ0v) is 18.1. The minimum absolute atomic E-state index is 0.0518. The van der Waals surface area contributed by atoms with Gasteiger partial charge in [-0.2, -0.15) is 0 Å². The summed E-state index contributed by atoms with van der Waals surface area (Å²) in [5.74, 6) is -0.0473. The van der Waals surface area contributed by atoms with E-state index in [1.165, 1.54) is 12.1 Å². The van der Waals surface area contributed by atoms with Crippen molar-refractivity contribution in [2.45, 2.75) is 37.5 Å². The van der Waals surface area contributed by atoms with Crippen LogP contribution >= 0.6 is 11.6 Å². The number of sulfonamides is 1. The van der Waals surface area contributed by atoms with Crippen molar-refractivity contribution in [3.05, 3.63) is 53.1 Å². The van der Waals surface area contributed by atoms with Crippen LogP contribution in [0.3, 0.4) is 0 Å². The van der Waals surface area contributed by atoms with Crippen molar-refractivity contribution in [2.24, 2.45) is 5.92 Å². The molecule has 1 saturated carbocycles. The van der Waals surface area contributed by atoms with Crippen LogP contribution in [0.2, 0.25) is 5.02 Å². The van der Waals surface area contributed by atoms with Crippen LogP contribution in [-0.2, 0) is 19.6 Å². The van der Waals surface area contributed by atoms with Gasteiger partial charge in [-0.25, -0.2) is 8.42 Å². The van der Waals surface area contributed by atoms with Crippen LogP contribution in [-0.4, -0.2) is 26.8 Å². The van der Waals surface area contributed by atoms with Gasteiger partial charge < -0.3 is 10.6 Å². The van der Waals surface area contributed by atoms with Gasteiger partial charge in [0.15, 0.2) is 0 Å². The normalized spacial score (nSPS) is 13.5. The van der Waals surface area contributed by atoms with Gasteiger partial charge >= 0.3 is 0 Å². The molecule has 160 valence electrons. The summed E-state index contributed by atoms with van der Waals surface area (Å²) in [6.45, 7) is 2.13. The smallest absolute Gasteiger partial charge is 0.262 e. The standard InChI is InChI=1S/C21H24ClN3O4S/c1-14-7-10-17(24-20(26)6-3-11-23-21(27)15-8-9-15)13-19(14)30(28,29)25-18-5-2-4-16(22)12-18/h2,4-5,7,10,12-13,15,25H,3,6,8-9,11H2,1H3,(H,23,27)(H,24,26). The van der Waals surface area contributed by atoms with Gasteiger partial charge in [0.25, 0.3) is 10.0 Å².